The summed E-state index contributed by atoms with van der Waals surface area (Å²) < 4.78 is 1.72. The second-order valence-electron chi connectivity index (χ2n) is 5.13. The number of imidazole rings is 1. The molecule has 0 unspecified atom stereocenters. The van der Waals surface area contributed by atoms with Gasteiger partial charge in [-0.1, -0.05) is 29.8 Å². The SMILES string of the molecule is CN(C)Cc1cccc(C(=O)C=Cc2ncc(Cl)n2C)c1. The third kappa shape index (κ3) is 4.03. The average Bonchev–Trinajstić information content (AvgIpc) is 2.76. The number of hydrogen-bond donors (Lipinski definition) is 0. The number of carbonyl (C=O) groups excluding carboxylic acids is 1. The topological polar surface area (TPSA) is 38.1 Å². The first-order valence-electron chi connectivity index (χ1n) is 6.60. The van der Waals surface area contributed by atoms with E-state index >= 15 is 0 Å². The maximum absolute atomic E-state index is 12.2. The Hall–Kier alpha value is -1.91. The highest BCUT2D eigenvalue weighted by molar-refractivity contribution is 6.29. The molecule has 5 heteroatoms. The van der Waals surface area contributed by atoms with Gasteiger partial charge in [0.15, 0.2) is 5.78 Å². The summed E-state index contributed by atoms with van der Waals surface area (Å²) in [4.78, 5) is 18.4. The van der Waals surface area contributed by atoms with Crippen LogP contribution in [0.15, 0.2) is 36.5 Å². The number of nitrogens with zero attached hydrogens (tertiary/aromatic N) is 3. The molecule has 1 aromatic carbocycles. The molecule has 0 atom stereocenters. The molecule has 0 bridgehead atoms. The highest BCUT2D eigenvalue weighted by Crippen LogP contribution is 2.12. The van der Waals surface area contributed by atoms with Crippen molar-refractivity contribution in [2.24, 2.45) is 7.05 Å². The standard InChI is InChI=1S/C16H18ClN3O/c1-19(2)11-12-5-4-6-13(9-12)14(21)7-8-16-18-10-15(17)20(16)3/h4-10H,11H2,1-3H3. The molecule has 0 aliphatic rings. The van der Waals surface area contributed by atoms with Crippen molar-refractivity contribution in [2.75, 3.05) is 14.1 Å². The molecular formula is C16H18ClN3O. The Balaban J connectivity index is 2.15. The van der Waals surface area contributed by atoms with Crippen LogP contribution >= 0.6 is 11.6 Å². The van der Waals surface area contributed by atoms with Crippen LogP contribution in [0.2, 0.25) is 5.15 Å². The fraction of sp³-hybridized carbons (Fsp3) is 0.250. The molecule has 2 rings (SSSR count). The molecule has 0 saturated heterocycles. The quantitative estimate of drug-likeness (QED) is 0.629. The summed E-state index contributed by atoms with van der Waals surface area (Å²) in [7, 11) is 5.80. The molecule has 21 heavy (non-hydrogen) atoms. The number of carbonyl (C=O) groups is 1. The van der Waals surface area contributed by atoms with Crippen LogP contribution in [-0.2, 0) is 13.6 Å². The normalized spacial score (nSPS) is 11.5. The predicted molar refractivity (Wildman–Crippen MR) is 85.4 cm³/mol. The summed E-state index contributed by atoms with van der Waals surface area (Å²) >= 11 is 5.91. The summed E-state index contributed by atoms with van der Waals surface area (Å²) in [6.07, 6.45) is 4.75. The van der Waals surface area contributed by atoms with Crippen LogP contribution in [0.1, 0.15) is 21.7 Å². The van der Waals surface area contributed by atoms with Crippen molar-refractivity contribution in [3.8, 4) is 0 Å². The highest BCUT2D eigenvalue weighted by Gasteiger charge is 2.05. The highest BCUT2D eigenvalue weighted by atomic mass is 35.5. The van der Waals surface area contributed by atoms with Crippen molar-refractivity contribution >= 4 is 23.5 Å². The molecule has 2 aromatic rings. The van der Waals surface area contributed by atoms with Crippen LogP contribution in [-0.4, -0.2) is 34.3 Å². The van der Waals surface area contributed by atoms with Crippen LogP contribution in [0.4, 0.5) is 0 Å². The van der Waals surface area contributed by atoms with E-state index < -0.39 is 0 Å². The second-order valence-corrected chi connectivity index (χ2v) is 5.52. The summed E-state index contributed by atoms with van der Waals surface area (Å²) in [5.74, 6) is 0.604. The number of hydrogen-bond acceptors (Lipinski definition) is 3. The molecule has 0 radical (unpaired) electrons. The van der Waals surface area contributed by atoms with Gasteiger partial charge < -0.3 is 9.47 Å². The van der Waals surface area contributed by atoms with Crippen LogP contribution in [0.25, 0.3) is 6.08 Å². The summed E-state index contributed by atoms with van der Waals surface area (Å²) in [5.41, 5.74) is 1.78. The Morgan fingerprint density at radius 3 is 2.81 bits per heavy atom. The Kier molecular flexibility index (Phi) is 4.94. The van der Waals surface area contributed by atoms with Gasteiger partial charge in [-0.3, -0.25) is 4.79 Å². The Labute approximate surface area is 129 Å². The lowest BCUT2D eigenvalue weighted by atomic mass is 10.1. The lowest BCUT2D eigenvalue weighted by Gasteiger charge is -2.09. The fourth-order valence-electron chi connectivity index (χ4n) is 1.99. The van der Waals surface area contributed by atoms with Crippen LogP contribution in [0.3, 0.4) is 0 Å². The molecule has 0 saturated carbocycles. The monoisotopic (exact) mass is 303 g/mol. The molecular weight excluding hydrogens is 286 g/mol. The molecule has 4 nitrogen and oxygen atoms in total. The molecule has 110 valence electrons. The Bertz CT molecular complexity index is 674. The van der Waals surface area contributed by atoms with E-state index in [4.69, 9.17) is 11.6 Å². The molecule has 0 aliphatic heterocycles. The van der Waals surface area contributed by atoms with E-state index in [0.29, 0.717) is 16.5 Å². The van der Waals surface area contributed by atoms with Gasteiger partial charge in [0.05, 0.1) is 6.20 Å². The maximum atomic E-state index is 12.2. The van der Waals surface area contributed by atoms with Gasteiger partial charge in [0, 0.05) is 19.2 Å². The van der Waals surface area contributed by atoms with E-state index in [1.165, 1.54) is 6.08 Å². The molecule has 0 spiro atoms. The lowest BCUT2D eigenvalue weighted by Crippen LogP contribution is -2.11. The van der Waals surface area contributed by atoms with Crippen LogP contribution in [0.5, 0.6) is 0 Å². The summed E-state index contributed by atoms with van der Waals surface area (Å²) in [6.45, 7) is 0.805. The van der Waals surface area contributed by atoms with E-state index in [1.54, 1.807) is 23.9 Å². The summed E-state index contributed by atoms with van der Waals surface area (Å²) in [5, 5.41) is 0.537. The van der Waals surface area contributed by atoms with Crippen molar-refractivity contribution in [3.63, 3.8) is 0 Å². The van der Waals surface area contributed by atoms with E-state index in [9.17, 15) is 4.79 Å². The second kappa shape index (κ2) is 6.70. The van der Waals surface area contributed by atoms with Gasteiger partial charge in [0.2, 0.25) is 0 Å². The largest absolute Gasteiger partial charge is 0.319 e. The first kappa shape index (κ1) is 15.5. The van der Waals surface area contributed by atoms with Crippen molar-refractivity contribution < 1.29 is 4.79 Å². The zero-order valence-electron chi connectivity index (χ0n) is 12.4. The Morgan fingerprint density at radius 2 is 2.19 bits per heavy atom. The van der Waals surface area contributed by atoms with Gasteiger partial charge in [0.25, 0.3) is 0 Å². The third-order valence-corrected chi connectivity index (χ3v) is 3.41. The minimum absolute atomic E-state index is 0.0465. The van der Waals surface area contributed by atoms with Gasteiger partial charge in [-0.2, -0.15) is 0 Å². The zero-order valence-corrected chi connectivity index (χ0v) is 13.1. The number of aromatic nitrogens is 2. The molecule has 0 fully saturated rings. The summed E-state index contributed by atoms with van der Waals surface area (Å²) in [6, 6.07) is 7.64. The van der Waals surface area contributed by atoms with Crippen LogP contribution < -0.4 is 0 Å². The number of ketones is 1. The number of halogens is 1. The third-order valence-electron chi connectivity index (χ3n) is 3.06. The molecule has 1 aromatic heterocycles. The van der Waals surface area contributed by atoms with Gasteiger partial charge in [-0.25, -0.2) is 4.98 Å². The molecule has 0 aliphatic carbocycles. The molecule has 0 N–H and O–H groups in total. The first-order chi connectivity index (χ1) is 9.97. The molecule has 1 heterocycles. The van der Waals surface area contributed by atoms with Gasteiger partial charge in [-0.15, -0.1) is 0 Å². The average molecular weight is 304 g/mol. The minimum atomic E-state index is -0.0465. The lowest BCUT2D eigenvalue weighted by molar-refractivity contribution is 0.104. The van der Waals surface area contributed by atoms with Crippen molar-refractivity contribution in [1.82, 2.24) is 14.5 Å². The number of allylic oxidation sites excluding steroid dienone is 1. The van der Waals surface area contributed by atoms with Crippen molar-refractivity contribution in [3.05, 3.63) is 58.6 Å². The zero-order chi connectivity index (χ0) is 15.4. The predicted octanol–water partition coefficient (Wildman–Crippen LogP) is 3.03. The molecule has 0 amide bonds. The van der Waals surface area contributed by atoms with E-state index in [0.717, 1.165) is 12.1 Å². The van der Waals surface area contributed by atoms with Gasteiger partial charge in [-0.05, 0) is 37.9 Å². The number of rotatable bonds is 5. The first-order valence-corrected chi connectivity index (χ1v) is 6.98. The van der Waals surface area contributed by atoms with E-state index in [1.807, 2.05) is 38.4 Å². The smallest absolute Gasteiger partial charge is 0.185 e. The fourth-order valence-corrected chi connectivity index (χ4v) is 2.13. The minimum Gasteiger partial charge on any atom is -0.319 e. The van der Waals surface area contributed by atoms with Crippen LogP contribution in [0, 0.1) is 0 Å². The van der Waals surface area contributed by atoms with Crippen molar-refractivity contribution in [2.45, 2.75) is 6.54 Å². The van der Waals surface area contributed by atoms with E-state index in [-0.39, 0.29) is 5.78 Å². The number of benzene rings is 1. The Morgan fingerprint density at radius 1 is 1.43 bits per heavy atom. The van der Waals surface area contributed by atoms with Crippen molar-refractivity contribution in [1.29, 1.82) is 0 Å². The van der Waals surface area contributed by atoms with Gasteiger partial charge in [0.1, 0.15) is 11.0 Å². The van der Waals surface area contributed by atoms with Gasteiger partial charge >= 0.3 is 0 Å². The van der Waals surface area contributed by atoms with E-state index in [2.05, 4.69) is 9.88 Å². The maximum Gasteiger partial charge on any atom is 0.185 e.